The zero-order valence-electron chi connectivity index (χ0n) is 10.0. The Labute approximate surface area is 109 Å². The van der Waals surface area contributed by atoms with E-state index in [4.69, 9.17) is 5.26 Å². The summed E-state index contributed by atoms with van der Waals surface area (Å²) in [4.78, 5) is 12.2. The maximum atomic E-state index is 12.2. The van der Waals surface area contributed by atoms with Crippen molar-refractivity contribution in [1.82, 2.24) is 14.2 Å². The molecular formula is C14H10N4O. The lowest BCUT2D eigenvalue weighted by atomic mass is 10.1. The molecule has 0 fully saturated rings. The van der Waals surface area contributed by atoms with Crippen LogP contribution in [0.1, 0.15) is 11.1 Å². The summed E-state index contributed by atoms with van der Waals surface area (Å²) in [6, 6.07) is 11.1. The van der Waals surface area contributed by atoms with Crippen molar-refractivity contribution in [1.29, 1.82) is 5.26 Å². The zero-order valence-corrected chi connectivity index (χ0v) is 10.0. The minimum absolute atomic E-state index is 0.118. The first-order valence-electron chi connectivity index (χ1n) is 5.80. The average Bonchev–Trinajstić information content (AvgIpc) is 2.92. The summed E-state index contributed by atoms with van der Waals surface area (Å²) in [7, 11) is 0. The minimum Gasteiger partial charge on any atom is -0.308 e. The van der Waals surface area contributed by atoms with E-state index in [0.29, 0.717) is 17.6 Å². The third kappa shape index (κ3) is 1.89. The summed E-state index contributed by atoms with van der Waals surface area (Å²) in [5, 5.41) is 13.1. The van der Waals surface area contributed by atoms with E-state index in [0.717, 1.165) is 5.56 Å². The van der Waals surface area contributed by atoms with Gasteiger partial charge in [0.1, 0.15) is 5.52 Å². The number of aromatic nitrogens is 3. The zero-order chi connectivity index (χ0) is 13.2. The van der Waals surface area contributed by atoms with Gasteiger partial charge in [0.2, 0.25) is 0 Å². The first-order chi connectivity index (χ1) is 9.29. The van der Waals surface area contributed by atoms with E-state index in [1.165, 1.54) is 4.52 Å². The van der Waals surface area contributed by atoms with Gasteiger partial charge < -0.3 is 4.57 Å². The van der Waals surface area contributed by atoms with Gasteiger partial charge in [-0.25, -0.2) is 4.52 Å². The quantitative estimate of drug-likeness (QED) is 0.691. The van der Waals surface area contributed by atoms with Crippen LogP contribution in [0.4, 0.5) is 0 Å². The van der Waals surface area contributed by atoms with Crippen molar-refractivity contribution in [2.45, 2.75) is 6.54 Å². The first kappa shape index (κ1) is 11.2. The van der Waals surface area contributed by atoms with Crippen molar-refractivity contribution in [3.05, 3.63) is 70.4 Å². The van der Waals surface area contributed by atoms with Crippen LogP contribution >= 0.6 is 0 Å². The maximum Gasteiger partial charge on any atom is 0.276 e. The molecule has 2 aromatic heterocycles. The Kier molecular flexibility index (Phi) is 2.62. The lowest BCUT2D eigenvalue weighted by Crippen LogP contribution is -2.22. The lowest BCUT2D eigenvalue weighted by molar-refractivity contribution is 0.741. The normalized spacial score (nSPS) is 10.5. The van der Waals surface area contributed by atoms with Crippen LogP contribution in [0.2, 0.25) is 0 Å². The van der Waals surface area contributed by atoms with Crippen molar-refractivity contribution in [2.24, 2.45) is 0 Å². The third-order valence-electron chi connectivity index (χ3n) is 3.02. The van der Waals surface area contributed by atoms with Crippen molar-refractivity contribution >= 4 is 5.52 Å². The number of rotatable bonds is 2. The van der Waals surface area contributed by atoms with Gasteiger partial charge >= 0.3 is 0 Å². The molecule has 0 spiro atoms. The molecule has 0 radical (unpaired) electrons. The fourth-order valence-electron chi connectivity index (χ4n) is 2.04. The van der Waals surface area contributed by atoms with Gasteiger partial charge in [0.15, 0.2) is 0 Å². The molecule has 0 saturated heterocycles. The molecule has 0 amide bonds. The van der Waals surface area contributed by atoms with Gasteiger partial charge in [-0.2, -0.15) is 10.4 Å². The largest absolute Gasteiger partial charge is 0.308 e. The number of hydrogen-bond acceptors (Lipinski definition) is 3. The molecule has 0 aliphatic carbocycles. The molecule has 0 bridgehead atoms. The van der Waals surface area contributed by atoms with Crippen LogP contribution in [0.3, 0.4) is 0 Å². The second-order valence-electron chi connectivity index (χ2n) is 4.16. The molecule has 0 saturated carbocycles. The summed E-state index contributed by atoms with van der Waals surface area (Å²) in [6.45, 7) is 0.379. The highest BCUT2D eigenvalue weighted by molar-refractivity contribution is 5.43. The van der Waals surface area contributed by atoms with Gasteiger partial charge in [0.25, 0.3) is 5.56 Å². The van der Waals surface area contributed by atoms with Crippen LogP contribution < -0.4 is 5.56 Å². The fraction of sp³-hybridized carbons (Fsp3) is 0.0714. The predicted octanol–water partition coefficient (Wildman–Crippen LogP) is 1.42. The smallest absolute Gasteiger partial charge is 0.276 e. The second-order valence-corrected chi connectivity index (χ2v) is 4.16. The van der Waals surface area contributed by atoms with Crippen LogP contribution in [0.15, 0.2) is 53.7 Å². The molecule has 5 nitrogen and oxygen atoms in total. The van der Waals surface area contributed by atoms with Crippen molar-refractivity contribution < 1.29 is 0 Å². The highest BCUT2D eigenvalue weighted by Gasteiger charge is 2.06. The van der Waals surface area contributed by atoms with Gasteiger partial charge in [-0.15, -0.1) is 0 Å². The Bertz CT molecular complexity index is 838. The van der Waals surface area contributed by atoms with E-state index in [1.54, 1.807) is 35.3 Å². The Morgan fingerprint density at radius 3 is 2.89 bits per heavy atom. The van der Waals surface area contributed by atoms with Gasteiger partial charge in [0.05, 0.1) is 24.4 Å². The van der Waals surface area contributed by atoms with Crippen molar-refractivity contribution in [3.8, 4) is 6.07 Å². The summed E-state index contributed by atoms with van der Waals surface area (Å²) >= 11 is 0. The third-order valence-corrected chi connectivity index (χ3v) is 3.02. The van der Waals surface area contributed by atoms with E-state index >= 15 is 0 Å². The fourth-order valence-corrected chi connectivity index (χ4v) is 2.04. The van der Waals surface area contributed by atoms with E-state index < -0.39 is 0 Å². The first-order valence-corrected chi connectivity index (χ1v) is 5.80. The number of hydrogen-bond donors (Lipinski definition) is 0. The Morgan fingerprint density at radius 2 is 2.05 bits per heavy atom. The number of nitriles is 1. The minimum atomic E-state index is -0.118. The van der Waals surface area contributed by atoms with Crippen molar-refractivity contribution in [2.75, 3.05) is 0 Å². The molecule has 3 rings (SSSR count). The Balaban J connectivity index is 2.09. The average molecular weight is 250 g/mol. The van der Waals surface area contributed by atoms with Crippen LogP contribution in [0, 0.1) is 11.3 Å². The van der Waals surface area contributed by atoms with Crippen LogP contribution in [0.25, 0.3) is 5.52 Å². The lowest BCUT2D eigenvalue weighted by Gasteiger charge is -2.07. The van der Waals surface area contributed by atoms with Crippen LogP contribution in [-0.2, 0) is 6.54 Å². The molecule has 0 unspecified atom stereocenters. The molecule has 1 aromatic carbocycles. The standard InChI is InChI=1S/C14H10N4O/c15-9-11-3-1-2-4-12(11)10-17-7-8-18-13(14(17)19)5-6-16-18/h1-8H,10H2. The number of nitrogens with zero attached hydrogens (tertiary/aromatic N) is 4. The number of benzene rings is 1. The molecule has 0 N–H and O–H groups in total. The van der Waals surface area contributed by atoms with Gasteiger partial charge in [-0.05, 0) is 17.7 Å². The number of fused-ring (bicyclic) bond motifs is 1. The molecule has 3 aromatic rings. The summed E-state index contributed by atoms with van der Waals surface area (Å²) in [5.74, 6) is 0. The van der Waals surface area contributed by atoms with Crippen molar-refractivity contribution in [3.63, 3.8) is 0 Å². The SMILES string of the molecule is N#Cc1ccccc1Cn1ccn2nccc2c1=O. The molecule has 92 valence electrons. The monoisotopic (exact) mass is 250 g/mol. The van der Waals surface area contributed by atoms with E-state index in [9.17, 15) is 4.79 Å². The van der Waals surface area contributed by atoms with E-state index in [-0.39, 0.29) is 5.56 Å². The van der Waals surface area contributed by atoms with Gasteiger partial charge in [0, 0.05) is 12.4 Å². The molecule has 2 heterocycles. The van der Waals surface area contributed by atoms with Gasteiger partial charge in [-0.1, -0.05) is 18.2 Å². The Morgan fingerprint density at radius 1 is 1.21 bits per heavy atom. The summed E-state index contributed by atoms with van der Waals surface area (Å²) in [6.07, 6.45) is 4.99. The topological polar surface area (TPSA) is 63.1 Å². The summed E-state index contributed by atoms with van der Waals surface area (Å²) in [5.41, 5.74) is 1.82. The molecule has 0 atom stereocenters. The highest BCUT2D eigenvalue weighted by Crippen LogP contribution is 2.08. The van der Waals surface area contributed by atoms with Gasteiger partial charge in [-0.3, -0.25) is 4.79 Å². The maximum absolute atomic E-state index is 12.2. The summed E-state index contributed by atoms with van der Waals surface area (Å²) < 4.78 is 3.11. The van der Waals surface area contributed by atoms with Crippen LogP contribution in [0.5, 0.6) is 0 Å². The second kappa shape index (κ2) is 4.42. The molecule has 19 heavy (non-hydrogen) atoms. The van der Waals surface area contributed by atoms with E-state index in [1.807, 2.05) is 18.2 Å². The molecule has 0 aliphatic heterocycles. The molecule has 5 heteroatoms. The molecule has 0 aliphatic rings. The highest BCUT2D eigenvalue weighted by atomic mass is 16.1. The molecular weight excluding hydrogens is 240 g/mol. The van der Waals surface area contributed by atoms with E-state index in [2.05, 4.69) is 11.2 Å². The van der Waals surface area contributed by atoms with Crippen LogP contribution in [-0.4, -0.2) is 14.2 Å². The Hall–Kier alpha value is -2.87. The predicted molar refractivity (Wildman–Crippen MR) is 69.7 cm³/mol.